The van der Waals surface area contributed by atoms with Gasteiger partial charge in [-0.15, -0.1) is 0 Å². The molecule has 0 saturated heterocycles. The monoisotopic (exact) mass is 209 g/mol. The van der Waals surface area contributed by atoms with Crippen LogP contribution in [0.5, 0.6) is 5.75 Å². The van der Waals surface area contributed by atoms with Gasteiger partial charge in [-0.2, -0.15) is 0 Å². The molecular formula is C12H16FNO. The second-order valence-corrected chi connectivity index (χ2v) is 3.46. The highest BCUT2D eigenvalue weighted by molar-refractivity contribution is 5.35. The topological polar surface area (TPSA) is 21.3 Å². The molecule has 0 aliphatic carbocycles. The van der Waals surface area contributed by atoms with Gasteiger partial charge in [0.05, 0.1) is 13.2 Å². The van der Waals surface area contributed by atoms with Crippen LogP contribution in [-0.2, 0) is 0 Å². The normalized spacial score (nSPS) is 12.3. The molecule has 2 nitrogen and oxygen atoms in total. The smallest absolute Gasteiger partial charge is 0.165 e. The fourth-order valence-electron chi connectivity index (χ4n) is 1.55. The molecule has 0 aliphatic rings. The van der Waals surface area contributed by atoms with E-state index < -0.39 is 0 Å². The Morgan fingerprint density at radius 2 is 2.20 bits per heavy atom. The maximum absolute atomic E-state index is 13.2. The van der Waals surface area contributed by atoms with E-state index in [-0.39, 0.29) is 17.6 Å². The number of rotatable bonds is 4. The number of hydrogen-bond donors (Lipinski definition) is 1. The summed E-state index contributed by atoms with van der Waals surface area (Å²) in [5, 5.41) is 3.11. The van der Waals surface area contributed by atoms with Crippen molar-refractivity contribution in [2.75, 3.05) is 14.2 Å². The van der Waals surface area contributed by atoms with Crippen LogP contribution in [0.25, 0.3) is 0 Å². The Hall–Kier alpha value is -1.35. The lowest BCUT2D eigenvalue weighted by molar-refractivity contribution is 0.385. The first-order valence-electron chi connectivity index (χ1n) is 4.76. The summed E-state index contributed by atoms with van der Waals surface area (Å²) < 4.78 is 18.1. The summed E-state index contributed by atoms with van der Waals surface area (Å²) in [5.74, 6) is -0.0909. The van der Waals surface area contributed by atoms with Gasteiger partial charge in [-0.25, -0.2) is 4.39 Å². The predicted octanol–water partition coefficient (Wildman–Crippen LogP) is 2.67. The molecule has 0 aliphatic heterocycles. The second kappa shape index (κ2) is 4.94. The minimum Gasteiger partial charge on any atom is -0.494 e. The first-order valence-corrected chi connectivity index (χ1v) is 4.76. The molecular weight excluding hydrogens is 193 g/mol. The number of hydrogen-bond acceptors (Lipinski definition) is 2. The van der Waals surface area contributed by atoms with E-state index in [1.165, 1.54) is 13.2 Å². The van der Waals surface area contributed by atoms with E-state index in [0.717, 1.165) is 11.1 Å². The molecule has 0 aromatic heterocycles. The minimum absolute atomic E-state index is 0.0273. The molecule has 3 heteroatoms. The largest absolute Gasteiger partial charge is 0.494 e. The maximum atomic E-state index is 13.2. The summed E-state index contributed by atoms with van der Waals surface area (Å²) in [4.78, 5) is 0. The average molecular weight is 209 g/mol. The molecule has 15 heavy (non-hydrogen) atoms. The van der Waals surface area contributed by atoms with Crippen molar-refractivity contribution in [2.45, 2.75) is 13.0 Å². The molecule has 1 N–H and O–H groups in total. The van der Waals surface area contributed by atoms with Gasteiger partial charge in [-0.1, -0.05) is 18.2 Å². The lowest BCUT2D eigenvalue weighted by Crippen LogP contribution is -2.17. The zero-order chi connectivity index (χ0) is 11.4. The minimum atomic E-state index is -0.349. The van der Waals surface area contributed by atoms with Crippen molar-refractivity contribution in [3.63, 3.8) is 0 Å². The SMILES string of the molecule is C=C(C)C(NC)c1ccc(F)c(OC)c1. The Kier molecular flexibility index (Phi) is 3.86. The Morgan fingerprint density at radius 1 is 1.53 bits per heavy atom. The highest BCUT2D eigenvalue weighted by Gasteiger charge is 2.12. The van der Waals surface area contributed by atoms with Crippen LogP contribution in [0.15, 0.2) is 30.4 Å². The molecule has 0 heterocycles. The van der Waals surface area contributed by atoms with E-state index in [2.05, 4.69) is 11.9 Å². The summed E-state index contributed by atoms with van der Waals surface area (Å²) in [7, 11) is 3.30. The Morgan fingerprint density at radius 3 is 2.67 bits per heavy atom. The van der Waals surface area contributed by atoms with Crippen LogP contribution in [0.1, 0.15) is 18.5 Å². The molecule has 1 atom stereocenters. The maximum Gasteiger partial charge on any atom is 0.165 e. The quantitative estimate of drug-likeness (QED) is 0.770. The summed E-state index contributed by atoms with van der Waals surface area (Å²) in [5.41, 5.74) is 1.93. The fraction of sp³-hybridized carbons (Fsp3) is 0.333. The van der Waals surface area contributed by atoms with Crippen LogP contribution in [0.4, 0.5) is 4.39 Å². The standard InChI is InChI=1S/C12H16FNO/c1-8(2)12(14-3)9-5-6-10(13)11(7-9)15-4/h5-7,12,14H,1H2,2-4H3. The predicted molar refractivity (Wildman–Crippen MR) is 59.6 cm³/mol. The number of ether oxygens (including phenoxy) is 1. The van der Waals surface area contributed by atoms with Crippen molar-refractivity contribution in [3.8, 4) is 5.75 Å². The Bertz CT molecular complexity index is 363. The van der Waals surface area contributed by atoms with Crippen molar-refractivity contribution in [1.29, 1.82) is 0 Å². The fourth-order valence-corrected chi connectivity index (χ4v) is 1.55. The molecule has 1 unspecified atom stereocenters. The van der Waals surface area contributed by atoms with E-state index in [1.807, 2.05) is 14.0 Å². The zero-order valence-corrected chi connectivity index (χ0v) is 9.30. The molecule has 82 valence electrons. The third-order valence-corrected chi connectivity index (χ3v) is 2.29. The lowest BCUT2D eigenvalue weighted by atomic mass is 10.0. The van der Waals surface area contributed by atoms with E-state index in [4.69, 9.17) is 4.74 Å². The Labute approximate surface area is 89.8 Å². The van der Waals surface area contributed by atoms with E-state index in [0.29, 0.717) is 0 Å². The van der Waals surface area contributed by atoms with Crippen LogP contribution in [0.3, 0.4) is 0 Å². The average Bonchev–Trinajstić information content (AvgIpc) is 2.21. The second-order valence-electron chi connectivity index (χ2n) is 3.46. The molecule has 1 rings (SSSR count). The molecule has 0 saturated carbocycles. The molecule has 0 bridgehead atoms. The first kappa shape index (κ1) is 11.7. The Balaban J connectivity index is 3.09. The first-order chi connectivity index (χ1) is 7.10. The van der Waals surface area contributed by atoms with E-state index >= 15 is 0 Å². The van der Waals surface area contributed by atoms with Gasteiger partial charge in [0.2, 0.25) is 0 Å². The highest BCUT2D eigenvalue weighted by atomic mass is 19.1. The van der Waals surface area contributed by atoms with Crippen molar-refractivity contribution in [1.82, 2.24) is 5.32 Å². The van der Waals surface area contributed by atoms with Crippen molar-refractivity contribution in [3.05, 3.63) is 41.7 Å². The number of likely N-dealkylation sites (N-methyl/N-ethyl adjacent to an activating group) is 1. The summed E-state index contributed by atoms with van der Waals surface area (Å²) in [6, 6.07) is 4.85. The van der Waals surface area contributed by atoms with Crippen molar-refractivity contribution >= 4 is 0 Å². The van der Waals surface area contributed by atoms with Gasteiger partial charge in [0.15, 0.2) is 11.6 Å². The molecule has 0 spiro atoms. The van der Waals surface area contributed by atoms with Crippen molar-refractivity contribution < 1.29 is 9.13 Å². The van der Waals surface area contributed by atoms with Gasteiger partial charge in [0.25, 0.3) is 0 Å². The van der Waals surface area contributed by atoms with Crippen LogP contribution in [-0.4, -0.2) is 14.2 Å². The van der Waals surface area contributed by atoms with Gasteiger partial charge in [-0.3, -0.25) is 0 Å². The van der Waals surface area contributed by atoms with Crippen LogP contribution >= 0.6 is 0 Å². The molecule has 1 aromatic rings. The molecule has 0 fully saturated rings. The molecule has 0 amide bonds. The lowest BCUT2D eigenvalue weighted by Gasteiger charge is -2.17. The van der Waals surface area contributed by atoms with E-state index in [1.54, 1.807) is 12.1 Å². The highest BCUT2D eigenvalue weighted by Crippen LogP contribution is 2.25. The van der Waals surface area contributed by atoms with Crippen LogP contribution < -0.4 is 10.1 Å². The number of nitrogens with one attached hydrogen (secondary N) is 1. The van der Waals surface area contributed by atoms with Crippen molar-refractivity contribution in [2.24, 2.45) is 0 Å². The summed E-state index contributed by atoms with van der Waals surface area (Å²) >= 11 is 0. The van der Waals surface area contributed by atoms with E-state index in [9.17, 15) is 4.39 Å². The molecule has 0 radical (unpaired) electrons. The third kappa shape index (κ3) is 2.57. The number of halogens is 1. The number of benzene rings is 1. The van der Waals surface area contributed by atoms with Crippen LogP contribution in [0, 0.1) is 5.82 Å². The van der Waals surface area contributed by atoms with Gasteiger partial charge in [-0.05, 0) is 31.7 Å². The van der Waals surface area contributed by atoms with Gasteiger partial charge in [0.1, 0.15) is 0 Å². The molecule has 1 aromatic carbocycles. The summed E-state index contributed by atoms with van der Waals surface area (Å²) in [6.45, 7) is 5.81. The van der Waals surface area contributed by atoms with Gasteiger partial charge < -0.3 is 10.1 Å². The van der Waals surface area contributed by atoms with Crippen LogP contribution in [0.2, 0.25) is 0 Å². The van der Waals surface area contributed by atoms with Gasteiger partial charge >= 0.3 is 0 Å². The number of methoxy groups -OCH3 is 1. The third-order valence-electron chi connectivity index (χ3n) is 2.29. The van der Waals surface area contributed by atoms with Gasteiger partial charge in [0, 0.05) is 0 Å². The zero-order valence-electron chi connectivity index (χ0n) is 9.30. The summed E-state index contributed by atoms with van der Waals surface area (Å²) in [6.07, 6.45) is 0.